The van der Waals surface area contributed by atoms with Gasteiger partial charge in [-0.25, -0.2) is 17.9 Å². The summed E-state index contributed by atoms with van der Waals surface area (Å²) in [5.74, 6) is -0.604. The summed E-state index contributed by atoms with van der Waals surface area (Å²) in [5, 5.41) is 9.06. The van der Waals surface area contributed by atoms with Crippen LogP contribution in [0.2, 0.25) is 0 Å². The second-order valence-electron chi connectivity index (χ2n) is 3.95. The Kier molecular flexibility index (Phi) is 4.87. The summed E-state index contributed by atoms with van der Waals surface area (Å²) >= 11 is 0. The first-order valence-electron chi connectivity index (χ1n) is 5.43. The number of hydrogen-bond donors (Lipinski definition) is 3. The highest BCUT2D eigenvalue weighted by molar-refractivity contribution is 7.89. The number of nitrogens with one attached hydrogen (secondary N) is 1. The van der Waals surface area contributed by atoms with Crippen LogP contribution in [0.25, 0.3) is 0 Å². The minimum absolute atomic E-state index is 0.0685. The summed E-state index contributed by atoms with van der Waals surface area (Å²) in [7, 11) is -2.61. The molecule has 8 heteroatoms. The molecule has 19 heavy (non-hydrogen) atoms. The van der Waals surface area contributed by atoms with Crippen LogP contribution in [0.15, 0.2) is 23.1 Å². The number of sulfonamides is 1. The van der Waals surface area contributed by atoms with Crippen molar-refractivity contribution in [3.8, 4) is 0 Å². The fourth-order valence-corrected chi connectivity index (χ4v) is 2.58. The summed E-state index contributed by atoms with van der Waals surface area (Å²) in [5.41, 5.74) is 5.71. The molecule has 0 aliphatic carbocycles. The van der Waals surface area contributed by atoms with Gasteiger partial charge in [0, 0.05) is 6.54 Å². The van der Waals surface area contributed by atoms with Crippen LogP contribution in [-0.4, -0.2) is 39.3 Å². The average Bonchev–Trinajstić information content (AvgIpc) is 2.35. The van der Waals surface area contributed by atoms with Crippen LogP contribution in [-0.2, 0) is 14.8 Å². The van der Waals surface area contributed by atoms with E-state index >= 15 is 0 Å². The van der Waals surface area contributed by atoms with Crippen LogP contribution in [0.5, 0.6) is 0 Å². The van der Waals surface area contributed by atoms with Crippen LogP contribution < -0.4 is 10.5 Å². The Morgan fingerprint density at radius 1 is 1.53 bits per heavy atom. The largest absolute Gasteiger partial charge is 0.465 e. The van der Waals surface area contributed by atoms with Gasteiger partial charge in [0.1, 0.15) is 4.90 Å². The predicted molar refractivity (Wildman–Crippen MR) is 69.1 cm³/mol. The van der Waals surface area contributed by atoms with Crippen molar-refractivity contribution < 1.29 is 23.1 Å². The maximum atomic E-state index is 11.9. The maximum Gasteiger partial charge on any atom is 0.337 e. The van der Waals surface area contributed by atoms with E-state index in [-0.39, 0.29) is 22.7 Å². The lowest BCUT2D eigenvalue weighted by molar-refractivity contribution is 0.0600. The number of nitrogens with two attached hydrogens (primary N) is 1. The van der Waals surface area contributed by atoms with Gasteiger partial charge in [-0.3, -0.25) is 0 Å². The minimum Gasteiger partial charge on any atom is -0.465 e. The van der Waals surface area contributed by atoms with E-state index in [9.17, 15) is 13.2 Å². The Morgan fingerprint density at radius 3 is 2.63 bits per heavy atom. The predicted octanol–water partition coefficient (Wildman–Crippen LogP) is -0.286. The summed E-state index contributed by atoms with van der Waals surface area (Å²) in [6, 6.07) is 3.74. The molecule has 0 saturated heterocycles. The SMILES string of the molecule is COC(=O)c1ccc(S(=O)(=O)NCC(C)O)c(N)c1. The van der Waals surface area contributed by atoms with Crippen molar-refractivity contribution in [2.24, 2.45) is 0 Å². The van der Waals surface area contributed by atoms with E-state index in [0.29, 0.717) is 0 Å². The van der Waals surface area contributed by atoms with Gasteiger partial charge in [-0.05, 0) is 25.1 Å². The van der Waals surface area contributed by atoms with E-state index in [1.54, 1.807) is 0 Å². The van der Waals surface area contributed by atoms with E-state index in [1.165, 1.54) is 32.2 Å². The zero-order valence-corrected chi connectivity index (χ0v) is 11.4. The number of aliphatic hydroxyl groups is 1. The molecule has 0 spiro atoms. The van der Waals surface area contributed by atoms with Crippen molar-refractivity contribution in [1.29, 1.82) is 0 Å². The molecule has 1 unspecified atom stereocenters. The van der Waals surface area contributed by atoms with E-state index in [2.05, 4.69) is 9.46 Å². The van der Waals surface area contributed by atoms with Crippen molar-refractivity contribution in [1.82, 2.24) is 4.72 Å². The number of nitrogen functional groups attached to an aromatic ring is 1. The van der Waals surface area contributed by atoms with Crippen molar-refractivity contribution in [2.45, 2.75) is 17.9 Å². The number of hydrogen-bond acceptors (Lipinski definition) is 6. The van der Waals surface area contributed by atoms with Gasteiger partial charge in [0.2, 0.25) is 10.0 Å². The smallest absolute Gasteiger partial charge is 0.337 e. The number of ether oxygens (including phenoxy) is 1. The Morgan fingerprint density at radius 2 is 2.16 bits per heavy atom. The maximum absolute atomic E-state index is 11.9. The molecule has 0 bridgehead atoms. The molecule has 0 heterocycles. The molecule has 0 aliphatic heterocycles. The summed E-state index contributed by atoms with van der Waals surface area (Å²) in [6.45, 7) is 1.33. The molecule has 7 nitrogen and oxygen atoms in total. The molecule has 0 amide bonds. The zero-order valence-electron chi connectivity index (χ0n) is 10.6. The van der Waals surface area contributed by atoms with Gasteiger partial charge in [-0.2, -0.15) is 0 Å². The first-order valence-corrected chi connectivity index (χ1v) is 6.92. The van der Waals surface area contributed by atoms with Crippen LogP contribution in [0, 0.1) is 0 Å². The standard InChI is InChI=1S/C11H16N2O5S/c1-7(14)6-13-19(16,17)10-4-3-8(5-9(10)12)11(15)18-2/h3-5,7,13-14H,6,12H2,1-2H3. The summed E-state index contributed by atoms with van der Waals surface area (Å²) in [4.78, 5) is 11.1. The highest BCUT2D eigenvalue weighted by Gasteiger charge is 2.19. The molecule has 1 aromatic carbocycles. The van der Waals surface area contributed by atoms with Crippen molar-refractivity contribution in [3.05, 3.63) is 23.8 Å². The van der Waals surface area contributed by atoms with Crippen molar-refractivity contribution >= 4 is 21.7 Å². The Balaban J connectivity index is 3.05. The van der Waals surface area contributed by atoms with E-state index < -0.39 is 22.1 Å². The van der Waals surface area contributed by atoms with Gasteiger partial charge in [0.05, 0.1) is 24.5 Å². The molecule has 4 N–H and O–H groups in total. The number of esters is 1. The molecule has 0 saturated carbocycles. The van der Waals surface area contributed by atoms with Gasteiger partial charge in [-0.15, -0.1) is 0 Å². The molecular formula is C11H16N2O5S. The molecule has 0 aliphatic rings. The Labute approximate surface area is 111 Å². The molecule has 1 atom stereocenters. The highest BCUT2D eigenvalue weighted by atomic mass is 32.2. The zero-order chi connectivity index (χ0) is 14.6. The van der Waals surface area contributed by atoms with Gasteiger partial charge in [0.15, 0.2) is 0 Å². The summed E-state index contributed by atoms with van der Waals surface area (Å²) in [6.07, 6.45) is -0.814. The van der Waals surface area contributed by atoms with E-state index in [1.807, 2.05) is 0 Å². The number of carbonyl (C=O) groups excluding carboxylic acids is 1. The van der Waals surface area contributed by atoms with Crippen molar-refractivity contribution in [2.75, 3.05) is 19.4 Å². The molecular weight excluding hydrogens is 272 g/mol. The lowest BCUT2D eigenvalue weighted by atomic mass is 10.2. The monoisotopic (exact) mass is 288 g/mol. The Hall–Kier alpha value is -1.64. The number of methoxy groups -OCH3 is 1. The van der Waals surface area contributed by atoms with Gasteiger partial charge in [-0.1, -0.05) is 0 Å². The normalized spacial score (nSPS) is 13.0. The molecule has 0 fully saturated rings. The topological polar surface area (TPSA) is 119 Å². The van der Waals surface area contributed by atoms with E-state index in [0.717, 1.165) is 0 Å². The van der Waals surface area contributed by atoms with E-state index in [4.69, 9.17) is 10.8 Å². The number of anilines is 1. The molecule has 0 aromatic heterocycles. The summed E-state index contributed by atoms with van der Waals surface area (Å²) < 4.78 is 30.5. The average molecular weight is 288 g/mol. The lowest BCUT2D eigenvalue weighted by Gasteiger charge is -2.11. The van der Waals surface area contributed by atoms with Crippen LogP contribution in [0.1, 0.15) is 17.3 Å². The third-order valence-electron chi connectivity index (χ3n) is 2.29. The quantitative estimate of drug-likeness (QED) is 0.506. The van der Waals surface area contributed by atoms with Crippen molar-refractivity contribution in [3.63, 3.8) is 0 Å². The molecule has 1 aromatic rings. The molecule has 0 radical (unpaired) electrons. The Bertz CT molecular complexity index is 568. The van der Waals surface area contributed by atoms with Gasteiger partial charge in [0.25, 0.3) is 0 Å². The number of aliphatic hydroxyl groups excluding tert-OH is 1. The second-order valence-corrected chi connectivity index (χ2v) is 5.68. The first-order chi connectivity index (χ1) is 8.77. The second kappa shape index (κ2) is 6.00. The molecule has 106 valence electrons. The lowest BCUT2D eigenvalue weighted by Crippen LogP contribution is -2.31. The minimum atomic E-state index is -3.82. The van der Waals surface area contributed by atoms with Crippen LogP contribution in [0.3, 0.4) is 0 Å². The fraction of sp³-hybridized carbons (Fsp3) is 0.364. The third kappa shape index (κ3) is 3.91. The fourth-order valence-electron chi connectivity index (χ4n) is 1.35. The van der Waals surface area contributed by atoms with Crippen LogP contribution >= 0.6 is 0 Å². The van der Waals surface area contributed by atoms with Gasteiger partial charge >= 0.3 is 5.97 Å². The third-order valence-corrected chi connectivity index (χ3v) is 3.79. The number of benzene rings is 1. The number of rotatable bonds is 5. The number of carbonyl (C=O) groups is 1. The highest BCUT2D eigenvalue weighted by Crippen LogP contribution is 2.20. The van der Waals surface area contributed by atoms with Crippen LogP contribution in [0.4, 0.5) is 5.69 Å². The molecule has 1 rings (SSSR count). The first kappa shape index (κ1) is 15.4. The van der Waals surface area contributed by atoms with Gasteiger partial charge < -0.3 is 15.6 Å².